The summed E-state index contributed by atoms with van der Waals surface area (Å²) >= 11 is 0. The monoisotopic (exact) mass is 391 g/mol. The maximum Gasteiger partial charge on any atom is 0.133 e. The number of piperazine rings is 1. The third-order valence-corrected chi connectivity index (χ3v) is 5.46. The fourth-order valence-corrected chi connectivity index (χ4v) is 3.78. The molecule has 0 aromatic carbocycles. The van der Waals surface area contributed by atoms with Crippen LogP contribution in [0.5, 0.6) is 0 Å². The SMILES string of the molecule is Cc1nccn1C[C@H](C)NCc1cccnc1N1CCN(c2ccccn2)CC1. The van der Waals surface area contributed by atoms with Crippen LogP contribution in [-0.4, -0.2) is 51.7 Å². The molecule has 0 aliphatic carbocycles. The van der Waals surface area contributed by atoms with E-state index in [1.54, 1.807) is 0 Å². The molecule has 3 aromatic rings. The highest BCUT2D eigenvalue weighted by Crippen LogP contribution is 2.21. The van der Waals surface area contributed by atoms with Crippen molar-refractivity contribution in [2.45, 2.75) is 33.0 Å². The van der Waals surface area contributed by atoms with Crippen molar-refractivity contribution in [2.75, 3.05) is 36.0 Å². The van der Waals surface area contributed by atoms with Gasteiger partial charge in [-0.05, 0) is 32.0 Å². The predicted octanol–water partition coefficient (Wildman–Crippen LogP) is 2.49. The molecule has 7 heteroatoms. The van der Waals surface area contributed by atoms with Crippen molar-refractivity contribution in [1.82, 2.24) is 24.8 Å². The lowest BCUT2D eigenvalue weighted by Crippen LogP contribution is -2.47. The average Bonchev–Trinajstić information content (AvgIpc) is 3.17. The Kier molecular flexibility index (Phi) is 6.05. The number of aryl methyl sites for hydroxylation is 1. The second-order valence-electron chi connectivity index (χ2n) is 7.56. The molecule has 1 fully saturated rings. The fourth-order valence-electron chi connectivity index (χ4n) is 3.78. The molecule has 29 heavy (non-hydrogen) atoms. The van der Waals surface area contributed by atoms with Gasteiger partial charge in [-0.1, -0.05) is 12.1 Å². The van der Waals surface area contributed by atoms with Gasteiger partial charge >= 0.3 is 0 Å². The lowest BCUT2D eigenvalue weighted by atomic mass is 10.2. The Balaban J connectivity index is 1.35. The van der Waals surface area contributed by atoms with E-state index < -0.39 is 0 Å². The molecule has 0 spiro atoms. The van der Waals surface area contributed by atoms with Crippen LogP contribution in [0.1, 0.15) is 18.3 Å². The first kappa shape index (κ1) is 19.4. The van der Waals surface area contributed by atoms with Gasteiger partial charge in [0, 0.05) is 75.7 Å². The molecule has 0 saturated carbocycles. The van der Waals surface area contributed by atoms with Crippen LogP contribution in [-0.2, 0) is 13.1 Å². The number of rotatable bonds is 7. The van der Waals surface area contributed by atoms with E-state index in [-0.39, 0.29) is 0 Å². The van der Waals surface area contributed by atoms with Gasteiger partial charge in [0.15, 0.2) is 0 Å². The molecule has 0 bridgehead atoms. The van der Waals surface area contributed by atoms with Crippen LogP contribution < -0.4 is 15.1 Å². The van der Waals surface area contributed by atoms with E-state index in [0.29, 0.717) is 6.04 Å². The predicted molar refractivity (Wildman–Crippen MR) is 116 cm³/mol. The molecular weight excluding hydrogens is 362 g/mol. The van der Waals surface area contributed by atoms with Gasteiger partial charge in [-0.3, -0.25) is 0 Å². The van der Waals surface area contributed by atoms with E-state index in [2.05, 4.69) is 48.7 Å². The smallest absolute Gasteiger partial charge is 0.133 e. The van der Waals surface area contributed by atoms with Gasteiger partial charge in [0.25, 0.3) is 0 Å². The summed E-state index contributed by atoms with van der Waals surface area (Å²) in [5.74, 6) is 3.19. The van der Waals surface area contributed by atoms with Crippen LogP contribution >= 0.6 is 0 Å². The highest BCUT2D eigenvalue weighted by molar-refractivity contribution is 5.49. The van der Waals surface area contributed by atoms with E-state index in [9.17, 15) is 0 Å². The molecule has 0 unspecified atom stereocenters. The molecule has 1 N–H and O–H groups in total. The lowest BCUT2D eigenvalue weighted by Gasteiger charge is -2.36. The molecule has 1 saturated heterocycles. The van der Waals surface area contributed by atoms with E-state index in [4.69, 9.17) is 4.98 Å². The summed E-state index contributed by atoms with van der Waals surface area (Å²) in [6.45, 7) is 9.77. The van der Waals surface area contributed by atoms with E-state index >= 15 is 0 Å². The molecule has 1 aliphatic heterocycles. The lowest BCUT2D eigenvalue weighted by molar-refractivity contribution is 0.470. The molecule has 4 rings (SSSR count). The van der Waals surface area contributed by atoms with Crippen molar-refractivity contribution in [3.63, 3.8) is 0 Å². The zero-order valence-corrected chi connectivity index (χ0v) is 17.2. The number of nitrogens with zero attached hydrogens (tertiary/aromatic N) is 6. The number of nitrogens with one attached hydrogen (secondary N) is 1. The van der Waals surface area contributed by atoms with Crippen molar-refractivity contribution in [1.29, 1.82) is 0 Å². The molecule has 3 aromatic heterocycles. The van der Waals surface area contributed by atoms with Gasteiger partial charge < -0.3 is 19.7 Å². The number of imidazole rings is 1. The average molecular weight is 392 g/mol. The normalized spacial score (nSPS) is 15.5. The second kappa shape index (κ2) is 9.05. The molecule has 1 atom stereocenters. The number of hydrogen-bond donors (Lipinski definition) is 1. The third-order valence-electron chi connectivity index (χ3n) is 5.46. The minimum absolute atomic E-state index is 0.344. The third kappa shape index (κ3) is 4.74. The van der Waals surface area contributed by atoms with E-state index in [1.165, 1.54) is 5.56 Å². The molecule has 152 valence electrons. The Morgan fingerprint density at radius 3 is 2.45 bits per heavy atom. The van der Waals surface area contributed by atoms with E-state index in [0.717, 1.165) is 56.7 Å². The highest BCUT2D eigenvalue weighted by Gasteiger charge is 2.21. The largest absolute Gasteiger partial charge is 0.353 e. The summed E-state index contributed by atoms with van der Waals surface area (Å²) in [6.07, 6.45) is 7.63. The number of anilines is 2. The molecule has 0 radical (unpaired) electrons. The Morgan fingerprint density at radius 2 is 1.72 bits per heavy atom. The van der Waals surface area contributed by atoms with Crippen LogP contribution in [0.15, 0.2) is 55.1 Å². The van der Waals surface area contributed by atoms with Gasteiger partial charge in [0.1, 0.15) is 17.5 Å². The van der Waals surface area contributed by atoms with Crippen LogP contribution in [0.2, 0.25) is 0 Å². The Labute approximate surface area is 172 Å². The van der Waals surface area contributed by atoms with Crippen molar-refractivity contribution in [3.05, 3.63) is 66.5 Å². The van der Waals surface area contributed by atoms with Crippen LogP contribution in [0.3, 0.4) is 0 Å². The standard InChI is InChI=1S/C22H29N7/c1-18(17-29-11-10-23-19(29)2)26-16-20-6-5-9-25-22(20)28-14-12-27(13-15-28)21-7-3-4-8-24-21/h3-11,18,26H,12-17H2,1-2H3/t18-/m0/s1. The Morgan fingerprint density at radius 1 is 0.931 bits per heavy atom. The summed E-state index contributed by atoms with van der Waals surface area (Å²) in [5.41, 5.74) is 1.24. The molecular formula is C22H29N7. The van der Waals surface area contributed by atoms with Gasteiger partial charge in [0.05, 0.1) is 0 Å². The minimum atomic E-state index is 0.344. The van der Waals surface area contributed by atoms with Gasteiger partial charge in [0.2, 0.25) is 0 Å². The van der Waals surface area contributed by atoms with Crippen molar-refractivity contribution in [3.8, 4) is 0 Å². The van der Waals surface area contributed by atoms with E-state index in [1.807, 2.05) is 49.9 Å². The summed E-state index contributed by atoms with van der Waals surface area (Å²) in [7, 11) is 0. The first-order valence-corrected chi connectivity index (χ1v) is 10.3. The Bertz CT molecular complexity index is 900. The number of pyridine rings is 2. The molecule has 7 nitrogen and oxygen atoms in total. The maximum atomic E-state index is 4.70. The van der Waals surface area contributed by atoms with Crippen molar-refractivity contribution < 1.29 is 0 Å². The molecule has 1 aliphatic rings. The minimum Gasteiger partial charge on any atom is -0.353 e. The summed E-state index contributed by atoms with van der Waals surface area (Å²) in [4.78, 5) is 18.2. The summed E-state index contributed by atoms with van der Waals surface area (Å²) in [5, 5.41) is 3.64. The first-order chi connectivity index (χ1) is 14.2. The zero-order valence-electron chi connectivity index (χ0n) is 17.2. The van der Waals surface area contributed by atoms with Crippen molar-refractivity contribution in [2.24, 2.45) is 0 Å². The second-order valence-corrected chi connectivity index (χ2v) is 7.56. The summed E-state index contributed by atoms with van der Waals surface area (Å²) < 4.78 is 2.18. The zero-order chi connectivity index (χ0) is 20.1. The first-order valence-electron chi connectivity index (χ1n) is 10.3. The Hall–Kier alpha value is -2.93. The fraction of sp³-hybridized carbons (Fsp3) is 0.409. The molecule has 0 amide bonds. The maximum absolute atomic E-state index is 4.70. The van der Waals surface area contributed by atoms with Gasteiger partial charge in [-0.2, -0.15) is 0 Å². The van der Waals surface area contributed by atoms with Crippen LogP contribution in [0.4, 0.5) is 11.6 Å². The highest BCUT2D eigenvalue weighted by atomic mass is 15.3. The van der Waals surface area contributed by atoms with Crippen LogP contribution in [0.25, 0.3) is 0 Å². The molecule has 4 heterocycles. The van der Waals surface area contributed by atoms with Gasteiger partial charge in [-0.25, -0.2) is 15.0 Å². The van der Waals surface area contributed by atoms with Crippen molar-refractivity contribution >= 4 is 11.6 Å². The number of aromatic nitrogens is 4. The summed E-state index contributed by atoms with van der Waals surface area (Å²) in [6, 6.07) is 10.6. The number of hydrogen-bond acceptors (Lipinski definition) is 6. The van der Waals surface area contributed by atoms with Crippen LogP contribution in [0, 0.1) is 6.92 Å². The topological polar surface area (TPSA) is 62.1 Å². The van der Waals surface area contributed by atoms with Gasteiger partial charge in [-0.15, -0.1) is 0 Å². The quantitative estimate of drug-likeness (QED) is 0.668.